The van der Waals surface area contributed by atoms with E-state index in [2.05, 4.69) is 0 Å². The number of nitrogens with zero attached hydrogens (tertiary/aromatic N) is 2. The standard InChI is InChI=1S/C24H20N2O4/c1-26(14-13-25)23(27)20(15-17-9-11-19(12-10-17)24(28)29)16-30-22-8-4-6-18-5-2-3-7-21(18)22/h2-12,15H,14,16H2,1H3,(H,28,29). The highest BCUT2D eigenvalue weighted by Gasteiger charge is 2.16. The molecule has 3 aromatic carbocycles. The Morgan fingerprint density at radius 1 is 1.07 bits per heavy atom. The van der Waals surface area contributed by atoms with E-state index in [1.807, 2.05) is 48.5 Å². The maximum Gasteiger partial charge on any atom is 0.335 e. The summed E-state index contributed by atoms with van der Waals surface area (Å²) in [5.74, 6) is -0.704. The Morgan fingerprint density at radius 2 is 1.77 bits per heavy atom. The molecule has 0 radical (unpaired) electrons. The SMILES string of the molecule is CN(CC#N)C(=O)C(=Cc1ccc(C(=O)O)cc1)COc1cccc2ccccc12. The Morgan fingerprint density at radius 3 is 2.47 bits per heavy atom. The van der Waals surface area contributed by atoms with Gasteiger partial charge in [-0.2, -0.15) is 5.26 Å². The van der Waals surface area contributed by atoms with Gasteiger partial charge in [0.25, 0.3) is 5.91 Å². The summed E-state index contributed by atoms with van der Waals surface area (Å²) in [6.45, 7) is -0.0499. The molecule has 0 aliphatic heterocycles. The Balaban J connectivity index is 1.90. The van der Waals surface area contributed by atoms with Crippen LogP contribution < -0.4 is 4.74 Å². The number of fused-ring (bicyclic) bond motifs is 1. The number of carboxylic acids is 1. The molecule has 6 nitrogen and oxygen atoms in total. The summed E-state index contributed by atoms with van der Waals surface area (Å²) in [6, 6.07) is 21.6. The molecule has 0 saturated heterocycles. The molecule has 3 rings (SSSR count). The van der Waals surface area contributed by atoms with Crippen molar-refractivity contribution in [2.24, 2.45) is 0 Å². The molecule has 0 aliphatic rings. The number of nitriles is 1. The summed E-state index contributed by atoms with van der Waals surface area (Å²) in [4.78, 5) is 25.2. The van der Waals surface area contributed by atoms with Gasteiger partial charge in [0.05, 0.1) is 17.2 Å². The molecule has 0 atom stereocenters. The second-order valence-electron chi connectivity index (χ2n) is 6.68. The van der Waals surface area contributed by atoms with E-state index < -0.39 is 5.97 Å². The number of carbonyl (C=O) groups is 2. The molecule has 0 aromatic heterocycles. The second kappa shape index (κ2) is 9.39. The van der Waals surface area contributed by atoms with Crippen molar-refractivity contribution < 1.29 is 19.4 Å². The fourth-order valence-electron chi connectivity index (χ4n) is 2.99. The average Bonchev–Trinajstić information content (AvgIpc) is 2.76. The Hall–Kier alpha value is -4.11. The van der Waals surface area contributed by atoms with Crippen LogP contribution in [-0.2, 0) is 4.79 Å². The number of aromatic carboxylic acids is 1. The lowest BCUT2D eigenvalue weighted by Gasteiger charge is -2.17. The molecule has 1 N–H and O–H groups in total. The molecule has 0 unspecified atom stereocenters. The summed E-state index contributed by atoms with van der Waals surface area (Å²) >= 11 is 0. The number of carbonyl (C=O) groups excluding carboxylic acids is 1. The summed E-state index contributed by atoms with van der Waals surface area (Å²) in [7, 11) is 1.55. The lowest BCUT2D eigenvalue weighted by Crippen LogP contribution is -2.30. The van der Waals surface area contributed by atoms with E-state index in [-0.39, 0.29) is 24.6 Å². The van der Waals surface area contributed by atoms with Crippen LogP contribution in [0.3, 0.4) is 0 Å². The van der Waals surface area contributed by atoms with Gasteiger partial charge in [0, 0.05) is 12.4 Å². The summed E-state index contributed by atoms with van der Waals surface area (Å²) in [6.07, 6.45) is 1.65. The van der Waals surface area contributed by atoms with Gasteiger partial charge in [0.15, 0.2) is 0 Å². The second-order valence-corrected chi connectivity index (χ2v) is 6.68. The van der Waals surface area contributed by atoms with E-state index in [0.717, 1.165) is 10.8 Å². The molecule has 3 aromatic rings. The molecule has 6 heteroatoms. The number of carboxylic acid groups (broad SMARTS) is 1. The molecule has 0 spiro atoms. The molecular formula is C24H20N2O4. The summed E-state index contributed by atoms with van der Waals surface area (Å²) in [5, 5.41) is 19.9. The molecule has 30 heavy (non-hydrogen) atoms. The van der Waals surface area contributed by atoms with Gasteiger partial charge in [0.2, 0.25) is 0 Å². The summed E-state index contributed by atoms with van der Waals surface area (Å²) in [5.41, 5.74) is 1.17. The number of likely N-dealkylation sites (N-methyl/N-ethyl adjacent to an activating group) is 1. The van der Waals surface area contributed by atoms with Crippen LogP contribution in [0, 0.1) is 11.3 Å². The van der Waals surface area contributed by atoms with Crippen molar-refractivity contribution in [3.8, 4) is 11.8 Å². The van der Waals surface area contributed by atoms with E-state index in [0.29, 0.717) is 16.9 Å². The van der Waals surface area contributed by atoms with E-state index >= 15 is 0 Å². The van der Waals surface area contributed by atoms with Crippen LogP contribution in [0.4, 0.5) is 0 Å². The number of hydrogen-bond acceptors (Lipinski definition) is 4. The van der Waals surface area contributed by atoms with Crippen molar-refractivity contribution >= 4 is 28.7 Å². The van der Waals surface area contributed by atoms with Crippen molar-refractivity contribution in [1.82, 2.24) is 4.90 Å². The largest absolute Gasteiger partial charge is 0.488 e. The van der Waals surface area contributed by atoms with Crippen molar-refractivity contribution in [3.05, 3.63) is 83.4 Å². The third-order valence-electron chi connectivity index (χ3n) is 4.56. The first-order valence-corrected chi connectivity index (χ1v) is 9.26. The Bertz CT molecular complexity index is 1140. The topological polar surface area (TPSA) is 90.6 Å². The molecular weight excluding hydrogens is 380 g/mol. The van der Waals surface area contributed by atoms with Gasteiger partial charge in [-0.05, 0) is 35.2 Å². The van der Waals surface area contributed by atoms with Gasteiger partial charge in [-0.3, -0.25) is 4.79 Å². The van der Waals surface area contributed by atoms with Crippen LogP contribution in [-0.4, -0.2) is 42.1 Å². The van der Waals surface area contributed by atoms with E-state index in [4.69, 9.17) is 15.1 Å². The minimum atomic E-state index is -1.02. The van der Waals surface area contributed by atoms with Crippen LogP contribution in [0.2, 0.25) is 0 Å². The highest BCUT2D eigenvalue weighted by atomic mass is 16.5. The predicted octanol–water partition coefficient (Wildman–Crippen LogP) is 3.98. The van der Waals surface area contributed by atoms with E-state index in [1.54, 1.807) is 25.3 Å². The van der Waals surface area contributed by atoms with E-state index in [9.17, 15) is 9.59 Å². The lowest BCUT2D eigenvalue weighted by molar-refractivity contribution is -0.125. The minimum absolute atomic E-state index is 0.00327. The fraction of sp³-hybridized carbons (Fsp3) is 0.125. The molecule has 0 aliphatic carbocycles. The number of hydrogen-bond donors (Lipinski definition) is 1. The first kappa shape index (κ1) is 20.6. The highest BCUT2D eigenvalue weighted by Crippen LogP contribution is 2.26. The van der Waals surface area contributed by atoms with Crippen molar-refractivity contribution in [2.75, 3.05) is 20.2 Å². The van der Waals surface area contributed by atoms with Gasteiger partial charge in [-0.25, -0.2) is 4.79 Å². The molecule has 0 heterocycles. The Kier molecular flexibility index (Phi) is 6.46. The van der Waals surface area contributed by atoms with Crippen LogP contribution in [0.15, 0.2) is 72.3 Å². The number of benzene rings is 3. The third-order valence-corrected chi connectivity index (χ3v) is 4.56. The van der Waals surface area contributed by atoms with Crippen LogP contribution in [0.25, 0.3) is 16.8 Å². The maximum absolute atomic E-state index is 12.8. The predicted molar refractivity (Wildman–Crippen MR) is 114 cm³/mol. The summed E-state index contributed by atoms with van der Waals surface area (Å²) < 4.78 is 5.97. The number of rotatable bonds is 7. The zero-order valence-corrected chi connectivity index (χ0v) is 16.4. The molecule has 0 fully saturated rings. The first-order valence-electron chi connectivity index (χ1n) is 9.26. The first-order chi connectivity index (χ1) is 14.5. The fourth-order valence-corrected chi connectivity index (χ4v) is 2.99. The van der Waals surface area contributed by atoms with Gasteiger partial charge in [-0.15, -0.1) is 0 Å². The van der Waals surface area contributed by atoms with Crippen molar-refractivity contribution in [1.29, 1.82) is 5.26 Å². The maximum atomic E-state index is 12.8. The van der Waals surface area contributed by atoms with Gasteiger partial charge >= 0.3 is 5.97 Å². The van der Waals surface area contributed by atoms with Crippen LogP contribution >= 0.6 is 0 Å². The highest BCUT2D eigenvalue weighted by molar-refractivity contribution is 5.98. The van der Waals surface area contributed by atoms with E-state index in [1.165, 1.54) is 17.0 Å². The number of amides is 1. The third kappa shape index (κ3) is 4.83. The van der Waals surface area contributed by atoms with Crippen molar-refractivity contribution in [2.45, 2.75) is 0 Å². The monoisotopic (exact) mass is 400 g/mol. The lowest BCUT2D eigenvalue weighted by atomic mass is 10.1. The van der Waals surface area contributed by atoms with Gasteiger partial charge in [-0.1, -0.05) is 48.5 Å². The van der Waals surface area contributed by atoms with Gasteiger partial charge in [0.1, 0.15) is 18.9 Å². The van der Waals surface area contributed by atoms with Crippen LogP contribution in [0.5, 0.6) is 5.75 Å². The van der Waals surface area contributed by atoms with Crippen LogP contribution in [0.1, 0.15) is 15.9 Å². The zero-order valence-electron chi connectivity index (χ0n) is 16.4. The number of ether oxygens (including phenoxy) is 1. The molecule has 0 bridgehead atoms. The smallest absolute Gasteiger partial charge is 0.335 e. The normalized spacial score (nSPS) is 11.0. The average molecular weight is 400 g/mol. The Labute approximate surface area is 174 Å². The zero-order chi connectivity index (χ0) is 21.5. The molecule has 0 saturated carbocycles. The molecule has 1 amide bonds. The van der Waals surface area contributed by atoms with Crippen molar-refractivity contribution in [3.63, 3.8) is 0 Å². The molecule has 150 valence electrons. The minimum Gasteiger partial charge on any atom is -0.488 e. The quantitative estimate of drug-likeness (QED) is 0.478. The van der Waals surface area contributed by atoms with Gasteiger partial charge < -0.3 is 14.7 Å².